The van der Waals surface area contributed by atoms with Crippen molar-refractivity contribution in [3.8, 4) is 5.75 Å². The van der Waals surface area contributed by atoms with E-state index >= 15 is 4.79 Å². The first-order valence-corrected chi connectivity index (χ1v) is 22.7. The van der Waals surface area contributed by atoms with Crippen molar-refractivity contribution < 1.29 is 24.2 Å². The lowest BCUT2D eigenvalue weighted by Gasteiger charge is -2.37. The highest BCUT2D eigenvalue weighted by atomic mass is 28.3. The van der Waals surface area contributed by atoms with Crippen LogP contribution in [0.25, 0.3) is 0 Å². The molecule has 12 heteroatoms. The fourth-order valence-electron chi connectivity index (χ4n) is 9.45. The van der Waals surface area contributed by atoms with Gasteiger partial charge in [-0.05, 0) is 79.4 Å². The Morgan fingerprint density at radius 1 is 1.05 bits per heavy atom. The number of carbonyl (C=O) groups is 2. The van der Waals surface area contributed by atoms with Crippen LogP contribution in [0.5, 0.6) is 5.75 Å². The second-order valence-electron chi connectivity index (χ2n) is 15.8. The van der Waals surface area contributed by atoms with E-state index in [1.807, 2.05) is 102 Å². The summed E-state index contributed by atoms with van der Waals surface area (Å²) < 4.78 is 14.7. The number of para-hydroxylation sites is 1. The van der Waals surface area contributed by atoms with Crippen molar-refractivity contribution in [1.29, 1.82) is 0 Å². The van der Waals surface area contributed by atoms with Crippen molar-refractivity contribution >= 4 is 42.1 Å². The van der Waals surface area contributed by atoms with E-state index in [1.165, 1.54) is 5.19 Å². The Labute approximate surface area is 329 Å². The van der Waals surface area contributed by atoms with E-state index in [9.17, 15) is 9.90 Å². The number of ether oxygens (including phenoxy) is 2. The highest BCUT2D eigenvalue weighted by Crippen LogP contribution is 2.61. The summed E-state index contributed by atoms with van der Waals surface area (Å²) >= 11 is 0. The van der Waals surface area contributed by atoms with E-state index in [2.05, 4.69) is 53.1 Å². The first-order valence-electron chi connectivity index (χ1n) is 19.6. The maximum Gasteiger partial charge on any atom is 0.268 e. The number of amides is 2. The van der Waals surface area contributed by atoms with Gasteiger partial charge in [-0.1, -0.05) is 91.1 Å². The standard InChI is InChI=1S/C44H50N6O5Si/c1-29-41(56(3,4)34-20-18-33(54-2)19-21-34)40(23-25-49-27-38(47-48-49)35(28-51)30-12-7-5-8-13-30)55-44(29)36-26-31(46-42(52)37-16-11-24-45-37)17-22-39(36)50(43(44)53)32-14-9-6-10-15-32/h5-10,12-15,17-22,26-27,29,35,37,40-41,45,51H,11,16,23-25,28H2,1-4H3,(H,46,52)/t29-,35?,37+,40+,41-,44+/m0/s1. The van der Waals surface area contributed by atoms with E-state index < -0.39 is 13.7 Å². The predicted octanol–water partition coefficient (Wildman–Crippen LogP) is 6.09. The Hall–Kier alpha value is -5.14. The Morgan fingerprint density at radius 2 is 1.79 bits per heavy atom. The zero-order valence-corrected chi connectivity index (χ0v) is 33.4. The van der Waals surface area contributed by atoms with E-state index in [0.717, 1.165) is 47.6 Å². The second-order valence-corrected chi connectivity index (χ2v) is 20.5. The average molecular weight is 771 g/mol. The number of anilines is 3. The van der Waals surface area contributed by atoms with Crippen LogP contribution in [0.2, 0.25) is 18.6 Å². The number of hydrogen-bond donors (Lipinski definition) is 3. The molecule has 1 aromatic heterocycles. The van der Waals surface area contributed by atoms with E-state index in [-0.39, 0.29) is 47.9 Å². The molecule has 4 aromatic carbocycles. The molecule has 0 radical (unpaired) electrons. The summed E-state index contributed by atoms with van der Waals surface area (Å²) in [5.41, 5.74) is 3.27. The number of fused-ring (bicyclic) bond motifs is 2. The molecular weight excluding hydrogens is 721 g/mol. The van der Waals surface area contributed by atoms with Crippen LogP contribution in [0, 0.1) is 5.92 Å². The van der Waals surface area contributed by atoms with Crippen molar-refractivity contribution in [2.24, 2.45) is 5.92 Å². The molecule has 1 spiro atoms. The number of nitrogens with zero attached hydrogens (tertiary/aromatic N) is 4. The topological polar surface area (TPSA) is 131 Å². The van der Waals surface area contributed by atoms with Gasteiger partial charge in [-0.2, -0.15) is 0 Å². The summed E-state index contributed by atoms with van der Waals surface area (Å²) in [7, 11) is -0.748. The summed E-state index contributed by atoms with van der Waals surface area (Å²) in [6, 6.07) is 33.4. The number of aromatic nitrogens is 3. The Balaban J connectivity index is 1.19. The predicted molar refractivity (Wildman–Crippen MR) is 219 cm³/mol. The molecule has 3 aliphatic heterocycles. The van der Waals surface area contributed by atoms with Gasteiger partial charge in [0.1, 0.15) is 5.75 Å². The molecule has 2 amide bonds. The molecule has 8 rings (SSSR count). The van der Waals surface area contributed by atoms with Crippen molar-refractivity contribution in [1.82, 2.24) is 20.3 Å². The normalized spacial score (nSPS) is 23.7. The number of aliphatic hydroxyl groups is 1. The smallest absolute Gasteiger partial charge is 0.268 e. The Morgan fingerprint density at radius 3 is 2.46 bits per heavy atom. The number of nitrogens with one attached hydrogen (secondary N) is 2. The van der Waals surface area contributed by atoms with Crippen LogP contribution in [0.3, 0.4) is 0 Å². The first-order chi connectivity index (χ1) is 27.1. The van der Waals surface area contributed by atoms with Gasteiger partial charge in [0.2, 0.25) is 5.91 Å². The van der Waals surface area contributed by atoms with Gasteiger partial charge in [-0.25, -0.2) is 0 Å². The van der Waals surface area contributed by atoms with Crippen LogP contribution in [-0.4, -0.2) is 72.4 Å². The monoisotopic (exact) mass is 770 g/mol. The quantitative estimate of drug-likeness (QED) is 0.130. The summed E-state index contributed by atoms with van der Waals surface area (Å²) in [5, 5.41) is 27.0. The molecule has 5 aromatic rings. The third kappa shape index (κ3) is 6.64. The number of aryl methyl sites for hydroxylation is 1. The van der Waals surface area contributed by atoms with Gasteiger partial charge in [0.25, 0.3) is 5.91 Å². The third-order valence-electron chi connectivity index (χ3n) is 12.3. The highest BCUT2D eigenvalue weighted by Gasteiger charge is 2.66. The zero-order valence-electron chi connectivity index (χ0n) is 32.4. The maximum atomic E-state index is 15.3. The molecule has 2 fully saturated rings. The Bertz CT molecular complexity index is 2180. The van der Waals surface area contributed by atoms with Crippen LogP contribution in [0.15, 0.2) is 109 Å². The lowest BCUT2D eigenvalue weighted by atomic mass is 9.82. The number of hydrogen-bond acceptors (Lipinski definition) is 8. The van der Waals surface area contributed by atoms with E-state index in [4.69, 9.17) is 9.47 Å². The van der Waals surface area contributed by atoms with Crippen molar-refractivity contribution in [3.63, 3.8) is 0 Å². The van der Waals surface area contributed by atoms with Gasteiger partial charge < -0.3 is 25.2 Å². The lowest BCUT2D eigenvalue weighted by molar-refractivity contribution is -0.145. The van der Waals surface area contributed by atoms with Gasteiger partial charge >= 0.3 is 0 Å². The fraction of sp³-hybridized carbons (Fsp3) is 0.364. The molecule has 1 unspecified atom stereocenters. The molecule has 290 valence electrons. The minimum atomic E-state index is -2.42. The van der Waals surface area contributed by atoms with Crippen molar-refractivity contribution in [3.05, 3.63) is 126 Å². The molecule has 4 heterocycles. The highest BCUT2D eigenvalue weighted by molar-refractivity contribution is 6.91. The average Bonchev–Trinajstić information content (AvgIpc) is 4.03. The molecule has 0 bridgehead atoms. The fourth-order valence-corrected chi connectivity index (χ4v) is 13.5. The molecule has 0 saturated carbocycles. The molecule has 2 saturated heterocycles. The molecule has 56 heavy (non-hydrogen) atoms. The van der Waals surface area contributed by atoms with Gasteiger partial charge in [0, 0.05) is 35.6 Å². The molecule has 6 atom stereocenters. The van der Waals surface area contributed by atoms with Crippen LogP contribution >= 0.6 is 0 Å². The number of aliphatic hydroxyl groups excluding tert-OH is 1. The SMILES string of the molecule is COc1ccc([Si](C)(C)[C@@H]2[C@@H](CCn3cc(C(CO)c4ccccc4)nn3)O[C@]3(C(=O)N(c4ccccc4)c4ccc(NC(=O)[C@H]5CCCN5)cc43)[C@H]2C)cc1. The molecular formula is C44H50N6O5Si. The molecule has 3 aliphatic rings. The first kappa shape index (κ1) is 37.8. The lowest BCUT2D eigenvalue weighted by Crippen LogP contribution is -2.51. The Kier molecular flexibility index (Phi) is 10.4. The minimum Gasteiger partial charge on any atom is -0.497 e. The largest absolute Gasteiger partial charge is 0.497 e. The van der Waals surface area contributed by atoms with Crippen LogP contribution in [0.1, 0.15) is 48.9 Å². The van der Waals surface area contributed by atoms with E-state index in [1.54, 1.807) is 12.0 Å². The second kappa shape index (κ2) is 15.4. The van der Waals surface area contributed by atoms with Crippen molar-refractivity contribution in [2.75, 3.05) is 30.5 Å². The van der Waals surface area contributed by atoms with Crippen LogP contribution < -0.4 is 25.5 Å². The summed E-state index contributed by atoms with van der Waals surface area (Å²) in [5.74, 6) is 0.0631. The van der Waals surface area contributed by atoms with Gasteiger partial charge in [-0.15, -0.1) is 5.10 Å². The summed E-state index contributed by atoms with van der Waals surface area (Å²) in [6.45, 7) is 8.14. The minimum absolute atomic E-state index is 0.00172. The van der Waals surface area contributed by atoms with Crippen LogP contribution in [0.4, 0.5) is 17.1 Å². The summed E-state index contributed by atoms with van der Waals surface area (Å²) in [6.07, 6.45) is 3.91. The van der Waals surface area contributed by atoms with Gasteiger partial charge in [-0.3, -0.25) is 19.2 Å². The van der Waals surface area contributed by atoms with Gasteiger partial charge in [0.05, 0.1) is 51.2 Å². The molecule has 11 nitrogen and oxygen atoms in total. The van der Waals surface area contributed by atoms with Crippen molar-refractivity contribution in [2.45, 2.75) is 75.0 Å². The zero-order chi connectivity index (χ0) is 39.0. The van der Waals surface area contributed by atoms with E-state index in [0.29, 0.717) is 24.3 Å². The molecule has 0 aliphatic carbocycles. The number of benzene rings is 4. The van der Waals surface area contributed by atoms with Crippen LogP contribution in [-0.2, 0) is 26.5 Å². The maximum absolute atomic E-state index is 15.3. The number of carbonyl (C=O) groups excluding carboxylic acids is 2. The molecule has 3 N–H and O–H groups in total. The number of methoxy groups -OCH3 is 1. The number of rotatable bonds is 12. The summed E-state index contributed by atoms with van der Waals surface area (Å²) in [4.78, 5) is 30.5. The third-order valence-corrected chi connectivity index (χ3v) is 16.7. The van der Waals surface area contributed by atoms with Gasteiger partial charge in [0.15, 0.2) is 5.60 Å².